The Morgan fingerprint density at radius 3 is 2.52 bits per heavy atom. The second-order valence-corrected chi connectivity index (χ2v) is 7.68. The number of nitrogens with one attached hydrogen (secondary N) is 1. The molecule has 0 radical (unpaired) electrons. The summed E-state index contributed by atoms with van der Waals surface area (Å²) in [5.74, 6) is 0.213. The standard InChI is InChI=1S/C20H19Cl2N3O4/c21-14-2-3-15(22)16(10-14)23-19(26)20(27)25-7-5-24(6-8-25)11-13-1-4-17-18(9-13)29-12-28-17/h1-4,9-10H,5-8,11-12H2,(H,23,26). The van der Waals surface area contributed by atoms with Gasteiger partial charge < -0.3 is 19.7 Å². The highest BCUT2D eigenvalue weighted by atomic mass is 35.5. The van der Waals surface area contributed by atoms with Crippen LogP contribution in [0.5, 0.6) is 11.5 Å². The number of piperazine rings is 1. The normalized spacial score (nSPS) is 16.0. The number of hydrogen-bond donors (Lipinski definition) is 1. The van der Waals surface area contributed by atoms with E-state index in [0.717, 1.165) is 23.6 Å². The van der Waals surface area contributed by atoms with Crippen LogP contribution in [-0.4, -0.2) is 54.6 Å². The maximum absolute atomic E-state index is 12.5. The van der Waals surface area contributed by atoms with E-state index in [9.17, 15) is 9.59 Å². The van der Waals surface area contributed by atoms with E-state index in [-0.39, 0.29) is 6.79 Å². The van der Waals surface area contributed by atoms with Crippen molar-refractivity contribution in [3.63, 3.8) is 0 Å². The maximum atomic E-state index is 12.5. The average molecular weight is 436 g/mol. The Bertz CT molecular complexity index is 945. The molecule has 0 saturated carbocycles. The Labute approximate surface area is 178 Å². The number of anilines is 1. The van der Waals surface area contributed by atoms with E-state index < -0.39 is 11.8 Å². The predicted molar refractivity (Wildman–Crippen MR) is 110 cm³/mol. The van der Waals surface area contributed by atoms with Gasteiger partial charge in [0.15, 0.2) is 11.5 Å². The summed E-state index contributed by atoms with van der Waals surface area (Å²) in [7, 11) is 0. The molecule has 0 atom stereocenters. The minimum Gasteiger partial charge on any atom is -0.454 e. The van der Waals surface area contributed by atoms with Crippen LogP contribution in [-0.2, 0) is 16.1 Å². The molecule has 0 aliphatic carbocycles. The van der Waals surface area contributed by atoms with Crippen LogP contribution in [0.25, 0.3) is 0 Å². The number of amides is 2. The number of ether oxygens (including phenoxy) is 2. The minimum atomic E-state index is -0.724. The van der Waals surface area contributed by atoms with Gasteiger partial charge in [0.05, 0.1) is 10.7 Å². The molecule has 2 aliphatic rings. The largest absolute Gasteiger partial charge is 0.454 e. The molecule has 9 heteroatoms. The number of nitrogens with zero attached hydrogens (tertiary/aromatic N) is 2. The first-order valence-corrected chi connectivity index (χ1v) is 9.91. The van der Waals surface area contributed by atoms with Crippen molar-refractivity contribution in [1.29, 1.82) is 0 Å². The highest BCUT2D eigenvalue weighted by Gasteiger charge is 2.27. The summed E-state index contributed by atoms with van der Waals surface area (Å²) in [6.45, 7) is 3.28. The molecule has 7 nitrogen and oxygen atoms in total. The molecule has 0 aromatic heterocycles. The number of hydrogen-bond acceptors (Lipinski definition) is 5. The summed E-state index contributed by atoms with van der Waals surface area (Å²) >= 11 is 12.0. The van der Waals surface area contributed by atoms with E-state index in [0.29, 0.717) is 41.9 Å². The van der Waals surface area contributed by atoms with Crippen LogP contribution < -0.4 is 14.8 Å². The first-order valence-electron chi connectivity index (χ1n) is 9.16. The number of benzene rings is 2. The first kappa shape index (κ1) is 19.8. The lowest BCUT2D eigenvalue weighted by atomic mass is 10.1. The molecule has 2 heterocycles. The van der Waals surface area contributed by atoms with E-state index >= 15 is 0 Å². The molecule has 2 aliphatic heterocycles. The second kappa shape index (κ2) is 8.49. The minimum absolute atomic E-state index is 0.252. The van der Waals surface area contributed by atoms with Gasteiger partial charge in [0, 0.05) is 37.7 Å². The zero-order valence-corrected chi connectivity index (χ0v) is 17.0. The van der Waals surface area contributed by atoms with Gasteiger partial charge in [0.1, 0.15) is 0 Å². The molecule has 4 rings (SSSR count). The molecule has 0 bridgehead atoms. The van der Waals surface area contributed by atoms with E-state index in [4.69, 9.17) is 32.7 Å². The van der Waals surface area contributed by atoms with Crippen molar-refractivity contribution in [1.82, 2.24) is 9.80 Å². The van der Waals surface area contributed by atoms with E-state index in [2.05, 4.69) is 10.2 Å². The summed E-state index contributed by atoms with van der Waals surface area (Å²) in [5, 5.41) is 3.29. The summed E-state index contributed by atoms with van der Waals surface area (Å²) in [6.07, 6.45) is 0. The highest BCUT2D eigenvalue weighted by molar-refractivity contribution is 6.42. The van der Waals surface area contributed by atoms with Crippen LogP contribution in [0, 0.1) is 0 Å². The Hall–Kier alpha value is -2.48. The quantitative estimate of drug-likeness (QED) is 0.750. The topological polar surface area (TPSA) is 71.1 Å². The van der Waals surface area contributed by atoms with Crippen molar-refractivity contribution in [3.05, 3.63) is 52.0 Å². The van der Waals surface area contributed by atoms with Crippen molar-refractivity contribution in [3.8, 4) is 11.5 Å². The molecular formula is C20H19Cl2N3O4. The van der Waals surface area contributed by atoms with Gasteiger partial charge >= 0.3 is 11.8 Å². The van der Waals surface area contributed by atoms with Crippen LogP contribution in [0.4, 0.5) is 5.69 Å². The molecule has 2 aromatic carbocycles. The summed E-state index contributed by atoms with van der Waals surface area (Å²) in [4.78, 5) is 28.6. The fourth-order valence-corrected chi connectivity index (χ4v) is 3.66. The Kier molecular flexibility index (Phi) is 5.80. The van der Waals surface area contributed by atoms with Crippen LogP contribution in [0.15, 0.2) is 36.4 Å². The van der Waals surface area contributed by atoms with Gasteiger partial charge in [-0.15, -0.1) is 0 Å². The monoisotopic (exact) mass is 435 g/mol. The SMILES string of the molecule is O=C(Nc1cc(Cl)ccc1Cl)C(=O)N1CCN(Cc2ccc3c(c2)OCO3)CC1. The van der Waals surface area contributed by atoms with Gasteiger partial charge in [-0.1, -0.05) is 29.3 Å². The molecular weight excluding hydrogens is 417 g/mol. The number of halogens is 2. The van der Waals surface area contributed by atoms with Gasteiger partial charge in [-0.2, -0.15) is 0 Å². The van der Waals surface area contributed by atoms with Crippen LogP contribution >= 0.6 is 23.2 Å². The molecule has 1 fully saturated rings. The lowest BCUT2D eigenvalue weighted by Gasteiger charge is -2.34. The third-order valence-electron chi connectivity index (χ3n) is 4.87. The lowest BCUT2D eigenvalue weighted by molar-refractivity contribution is -0.144. The molecule has 2 aromatic rings. The van der Waals surface area contributed by atoms with Crippen LogP contribution in [0.2, 0.25) is 10.0 Å². The molecule has 2 amide bonds. The highest BCUT2D eigenvalue weighted by Crippen LogP contribution is 2.33. The molecule has 0 unspecified atom stereocenters. The van der Waals surface area contributed by atoms with Gasteiger partial charge in [-0.05, 0) is 35.9 Å². The summed E-state index contributed by atoms with van der Waals surface area (Å²) in [6, 6.07) is 10.6. The second-order valence-electron chi connectivity index (χ2n) is 6.83. The fourth-order valence-electron chi connectivity index (χ4n) is 3.32. The molecule has 0 spiro atoms. The summed E-state index contributed by atoms with van der Waals surface area (Å²) < 4.78 is 10.7. The first-order chi connectivity index (χ1) is 14.0. The number of carbonyl (C=O) groups is 2. The van der Waals surface area contributed by atoms with Gasteiger partial charge in [-0.3, -0.25) is 14.5 Å². The lowest BCUT2D eigenvalue weighted by Crippen LogP contribution is -2.51. The Morgan fingerprint density at radius 1 is 0.966 bits per heavy atom. The fraction of sp³-hybridized carbons (Fsp3) is 0.300. The Balaban J connectivity index is 1.30. The van der Waals surface area contributed by atoms with Crippen molar-refractivity contribution in [2.75, 3.05) is 38.3 Å². The Morgan fingerprint density at radius 2 is 1.72 bits per heavy atom. The van der Waals surface area contributed by atoms with Crippen LogP contribution in [0.3, 0.4) is 0 Å². The van der Waals surface area contributed by atoms with Crippen LogP contribution in [0.1, 0.15) is 5.56 Å². The third kappa shape index (κ3) is 4.58. The van der Waals surface area contributed by atoms with E-state index in [1.165, 1.54) is 6.07 Å². The zero-order chi connectivity index (χ0) is 20.4. The smallest absolute Gasteiger partial charge is 0.313 e. The van der Waals surface area contributed by atoms with Gasteiger partial charge in [0.25, 0.3) is 0 Å². The predicted octanol–water partition coefficient (Wildman–Crippen LogP) is 3.01. The number of fused-ring (bicyclic) bond motifs is 1. The van der Waals surface area contributed by atoms with E-state index in [1.54, 1.807) is 17.0 Å². The average Bonchev–Trinajstić information content (AvgIpc) is 3.18. The van der Waals surface area contributed by atoms with E-state index in [1.807, 2.05) is 18.2 Å². The van der Waals surface area contributed by atoms with Crippen molar-refractivity contribution < 1.29 is 19.1 Å². The maximum Gasteiger partial charge on any atom is 0.313 e. The molecule has 1 saturated heterocycles. The van der Waals surface area contributed by atoms with Crippen molar-refractivity contribution in [2.45, 2.75) is 6.54 Å². The zero-order valence-electron chi connectivity index (χ0n) is 15.5. The molecule has 152 valence electrons. The van der Waals surface area contributed by atoms with Gasteiger partial charge in [-0.25, -0.2) is 0 Å². The van der Waals surface area contributed by atoms with Crippen molar-refractivity contribution >= 4 is 40.7 Å². The number of rotatable bonds is 3. The molecule has 29 heavy (non-hydrogen) atoms. The molecule has 1 N–H and O–H groups in total. The summed E-state index contributed by atoms with van der Waals surface area (Å²) in [5.41, 5.74) is 1.43. The number of carbonyl (C=O) groups excluding carboxylic acids is 2. The third-order valence-corrected chi connectivity index (χ3v) is 5.44. The van der Waals surface area contributed by atoms with Crippen molar-refractivity contribution in [2.24, 2.45) is 0 Å². The van der Waals surface area contributed by atoms with Gasteiger partial charge in [0.2, 0.25) is 6.79 Å².